The van der Waals surface area contributed by atoms with Crippen LogP contribution in [-0.4, -0.2) is 62.8 Å². The molecule has 1 aromatic carbocycles. The summed E-state index contributed by atoms with van der Waals surface area (Å²) in [5.74, 6) is 0.806. The van der Waals surface area contributed by atoms with Crippen LogP contribution >= 0.6 is 0 Å². The number of ether oxygens (including phenoxy) is 2. The molecule has 5 nitrogen and oxygen atoms in total. The Morgan fingerprint density at radius 3 is 2.58 bits per heavy atom. The van der Waals surface area contributed by atoms with Gasteiger partial charge in [-0.15, -0.1) is 0 Å². The number of benzene rings is 1. The summed E-state index contributed by atoms with van der Waals surface area (Å²) in [4.78, 5) is 13.6. The molecule has 6 heteroatoms. The molecule has 0 spiro atoms. The first kappa shape index (κ1) is 20.5. The maximum atomic E-state index is 11.3. The highest BCUT2D eigenvalue weighted by Gasteiger charge is 2.45. The van der Waals surface area contributed by atoms with E-state index in [0.717, 1.165) is 37.2 Å². The van der Waals surface area contributed by atoms with Gasteiger partial charge in [-0.1, -0.05) is 18.2 Å². The molecule has 1 unspecified atom stereocenters. The lowest BCUT2D eigenvalue weighted by molar-refractivity contribution is -0.137. The molecule has 0 aromatic heterocycles. The van der Waals surface area contributed by atoms with Crippen molar-refractivity contribution in [2.75, 3.05) is 32.8 Å². The summed E-state index contributed by atoms with van der Waals surface area (Å²) in [5.41, 5.74) is 0.367. The molecule has 1 aromatic rings. The highest BCUT2D eigenvalue weighted by molar-refractivity contribution is 5.81. The molecular formula is C20H27BNO4. The lowest BCUT2D eigenvalue weighted by Gasteiger charge is -2.50. The van der Waals surface area contributed by atoms with E-state index in [2.05, 4.69) is 4.90 Å². The molecule has 3 heterocycles. The van der Waals surface area contributed by atoms with Gasteiger partial charge in [-0.3, -0.25) is 0 Å². The van der Waals surface area contributed by atoms with Gasteiger partial charge in [0.15, 0.2) is 0 Å². The number of esters is 1. The summed E-state index contributed by atoms with van der Waals surface area (Å²) in [6, 6.07) is 7.79. The molecule has 3 saturated heterocycles. The van der Waals surface area contributed by atoms with Crippen molar-refractivity contribution in [2.45, 2.75) is 31.8 Å². The van der Waals surface area contributed by atoms with Crippen LogP contribution in [0.25, 0.3) is 0 Å². The zero-order valence-corrected chi connectivity index (χ0v) is 15.4. The first-order valence-electron chi connectivity index (χ1n) is 9.09. The van der Waals surface area contributed by atoms with Crippen LogP contribution in [0.5, 0.6) is 5.75 Å². The van der Waals surface area contributed by atoms with Gasteiger partial charge in [-0.25, -0.2) is 4.79 Å². The monoisotopic (exact) mass is 356 g/mol. The van der Waals surface area contributed by atoms with Crippen LogP contribution in [0.4, 0.5) is 0 Å². The first-order chi connectivity index (χ1) is 12.1. The zero-order chi connectivity index (χ0) is 17.7. The Kier molecular flexibility index (Phi) is 7.29. The number of nitrogens with zero attached hydrogens (tertiary/aromatic N) is 1. The number of allylic oxidation sites excluding steroid dienone is 1. The quantitative estimate of drug-likeness (QED) is 0.459. The van der Waals surface area contributed by atoms with Crippen LogP contribution in [0.15, 0.2) is 36.4 Å². The van der Waals surface area contributed by atoms with Gasteiger partial charge in [0.1, 0.15) is 18.0 Å². The van der Waals surface area contributed by atoms with Crippen molar-refractivity contribution in [3.63, 3.8) is 0 Å². The fraction of sp³-hybridized carbons (Fsp3) is 0.550. The van der Waals surface area contributed by atoms with E-state index in [0.29, 0.717) is 32.1 Å². The minimum absolute atomic E-state index is 0. The fourth-order valence-corrected chi connectivity index (χ4v) is 3.72. The smallest absolute Gasteiger partial charge is 0.330 e. The predicted octanol–water partition coefficient (Wildman–Crippen LogP) is 1.80. The van der Waals surface area contributed by atoms with Crippen molar-refractivity contribution in [3.8, 4) is 5.75 Å². The molecule has 26 heavy (non-hydrogen) atoms. The number of carbonyl (C=O) groups excluding carboxylic acids is 1. The topological polar surface area (TPSA) is 59.0 Å². The predicted molar refractivity (Wildman–Crippen MR) is 101 cm³/mol. The number of aliphatic hydroxyl groups is 1. The third-order valence-electron chi connectivity index (χ3n) is 5.15. The van der Waals surface area contributed by atoms with Crippen LogP contribution < -0.4 is 4.74 Å². The van der Waals surface area contributed by atoms with Crippen LogP contribution in [0.3, 0.4) is 0 Å². The van der Waals surface area contributed by atoms with Crippen LogP contribution in [0.2, 0.25) is 0 Å². The van der Waals surface area contributed by atoms with Gasteiger partial charge in [-0.05, 0) is 62.9 Å². The lowest BCUT2D eigenvalue weighted by Crippen LogP contribution is -2.61. The highest BCUT2D eigenvalue weighted by atomic mass is 16.5. The van der Waals surface area contributed by atoms with E-state index in [9.17, 15) is 9.90 Å². The Morgan fingerprint density at radius 2 is 2.00 bits per heavy atom. The van der Waals surface area contributed by atoms with E-state index >= 15 is 0 Å². The van der Waals surface area contributed by atoms with E-state index in [1.807, 2.05) is 24.3 Å². The standard InChI is InChI=1S/C20H27NO4.B/c1-2-24-19(22)5-3-4-16-6-8-18(9-7-16)25-15-20(23)14-21-12-10-17(20)11-13-21;/h3,5-9,17,23H,2,4,10-15H2,1H3;. The SMILES string of the molecule is CCOC(=O)C=CCc1ccc(OCC2(O)CN3CCC2CC3)cc1.[B]. The van der Waals surface area contributed by atoms with Crippen molar-refractivity contribution in [1.29, 1.82) is 0 Å². The van der Waals surface area contributed by atoms with Crippen molar-refractivity contribution in [2.24, 2.45) is 5.92 Å². The second-order valence-corrected chi connectivity index (χ2v) is 6.95. The van der Waals surface area contributed by atoms with Crippen LogP contribution in [0, 0.1) is 5.92 Å². The second-order valence-electron chi connectivity index (χ2n) is 6.95. The molecule has 1 N–H and O–H groups in total. The van der Waals surface area contributed by atoms with Crippen LogP contribution in [0.1, 0.15) is 25.3 Å². The average molecular weight is 356 g/mol. The van der Waals surface area contributed by atoms with Crippen molar-refractivity contribution < 1.29 is 19.4 Å². The van der Waals surface area contributed by atoms with E-state index in [4.69, 9.17) is 9.47 Å². The molecule has 139 valence electrons. The molecule has 0 saturated carbocycles. The summed E-state index contributed by atoms with van der Waals surface area (Å²) in [6.45, 7) is 5.43. The number of hydrogen-bond donors (Lipinski definition) is 1. The van der Waals surface area contributed by atoms with E-state index in [-0.39, 0.29) is 14.4 Å². The molecule has 3 fully saturated rings. The maximum absolute atomic E-state index is 11.3. The number of carbonyl (C=O) groups is 1. The Morgan fingerprint density at radius 1 is 1.31 bits per heavy atom. The summed E-state index contributed by atoms with van der Waals surface area (Å²) in [6.07, 6.45) is 6.04. The van der Waals surface area contributed by atoms with Gasteiger partial charge in [0, 0.05) is 21.0 Å². The molecule has 3 radical (unpaired) electrons. The third-order valence-corrected chi connectivity index (χ3v) is 5.15. The summed E-state index contributed by atoms with van der Waals surface area (Å²) < 4.78 is 10.7. The van der Waals surface area contributed by atoms with Gasteiger partial charge < -0.3 is 19.5 Å². The number of piperidine rings is 3. The van der Waals surface area contributed by atoms with Crippen molar-refractivity contribution in [1.82, 2.24) is 4.90 Å². The van der Waals surface area contributed by atoms with Gasteiger partial charge in [0.05, 0.1) is 6.61 Å². The molecule has 4 rings (SSSR count). The van der Waals surface area contributed by atoms with Gasteiger partial charge in [-0.2, -0.15) is 0 Å². The fourth-order valence-electron chi connectivity index (χ4n) is 3.72. The number of rotatable bonds is 7. The lowest BCUT2D eigenvalue weighted by atomic mass is 9.76. The average Bonchev–Trinajstić information content (AvgIpc) is 2.62. The second kappa shape index (κ2) is 9.24. The minimum atomic E-state index is -0.725. The Bertz CT molecular complexity index is 611. The molecule has 1 atom stereocenters. The third kappa shape index (κ3) is 5.11. The van der Waals surface area contributed by atoms with Crippen molar-refractivity contribution in [3.05, 3.63) is 42.0 Å². The Hall–Kier alpha value is -1.79. The Labute approximate surface area is 157 Å². The van der Waals surface area contributed by atoms with E-state index in [1.54, 1.807) is 13.0 Å². The highest BCUT2D eigenvalue weighted by Crippen LogP contribution is 2.36. The Balaban J connectivity index is 0.00000243. The molecular weight excluding hydrogens is 329 g/mol. The van der Waals surface area contributed by atoms with E-state index in [1.165, 1.54) is 6.08 Å². The van der Waals surface area contributed by atoms with Gasteiger partial charge in [0.25, 0.3) is 0 Å². The number of hydrogen-bond acceptors (Lipinski definition) is 5. The summed E-state index contributed by atoms with van der Waals surface area (Å²) in [7, 11) is 0. The number of fused-ring (bicyclic) bond motifs is 3. The van der Waals surface area contributed by atoms with Crippen LogP contribution in [-0.2, 0) is 16.0 Å². The maximum Gasteiger partial charge on any atom is 0.330 e. The zero-order valence-electron chi connectivity index (χ0n) is 15.4. The summed E-state index contributed by atoms with van der Waals surface area (Å²) >= 11 is 0. The van der Waals surface area contributed by atoms with Gasteiger partial charge in [0.2, 0.25) is 0 Å². The molecule has 0 aliphatic carbocycles. The minimum Gasteiger partial charge on any atom is -0.491 e. The molecule has 3 aliphatic heterocycles. The van der Waals surface area contributed by atoms with E-state index < -0.39 is 5.60 Å². The van der Waals surface area contributed by atoms with Gasteiger partial charge >= 0.3 is 5.97 Å². The summed E-state index contributed by atoms with van der Waals surface area (Å²) in [5, 5.41) is 10.9. The van der Waals surface area contributed by atoms with Crippen molar-refractivity contribution >= 4 is 14.4 Å². The molecule has 3 aliphatic rings. The first-order valence-corrected chi connectivity index (χ1v) is 9.09. The largest absolute Gasteiger partial charge is 0.491 e. The normalized spacial score (nSPS) is 27.2. The molecule has 2 bridgehead atoms. The molecule has 0 amide bonds.